The van der Waals surface area contributed by atoms with Crippen molar-refractivity contribution in [3.63, 3.8) is 0 Å². The van der Waals surface area contributed by atoms with E-state index >= 15 is 0 Å². The van der Waals surface area contributed by atoms with Gasteiger partial charge in [-0.05, 0) is 30.7 Å². The fourth-order valence-electron chi connectivity index (χ4n) is 2.64. The van der Waals surface area contributed by atoms with E-state index < -0.39 is 0 Å². The Kier molecular flexibility index (Phi) is 2.56. The molecule has 0 spiro atoms. The fourth-order valence-corrected chi connectivity index (χ4v) is 3.41. The van der Waals surface area contributed by atoms with Crippen LogP contribution >= 0.6 is 11.3 Å². The normalized spacial score (nSPS) is 23.7. The van der Waals surface area contributed by atoms with E-state index in [9.17, 15) is 0 Å². The van der Waals surface area contributed by atoms with Gasteiger partial charge in [0.05, 0.1) is 10.9 Å². The average Bonchev–Trinajstić information content (AvgIpc) is 2.87. The Bertz CT molecular complexity index is 527. The third-order valence-corrected chi connectivity index (χ3v) is 4.36. The zero-order valence-corrected chi connectivity index (χ0v) is 11.0. The largest absolute Gasteiger partial charge is 0.330 e. The lowest BCUT2D eigenvalue weighted by molar-refractivity contribution is 0.343. The maximum atomic E-state index is 6.19. The molecular weight excluding hydrogens is 230 g/mol. The summed E-state index contributed by atoms with van der Waals surface area (Å²) in [6, 6.07) is 4.28. The zero-order chi connectivity index (χ0) is 12.0. The molecule has 0 saturated heterocycles. The molecule has 1 aliphatic heterocycles. The molecule has 0 aromatic carbocycles. The highest BCUT2D eigenvalue weighted by Gasteiger charge is 2.27. The van der Waals surface area contributed by atoms with E-state index in [1.165, 1.54) is 10.6 Å². The molecule has 4 heteroatoms. The van der Waals surface area contributed by atoms with E-state index in [4.69, 9.17) is 10.7 Å². The third-order valence-electron chi connectivity index (χ3n) is 3.49. The van der Waals surface area contributed by atoms with Crippen molar-refractivity contribution < 1.29 is 0 Å². The van der Waals surface area contributed by atoms with Crippen LogP contribution in [0, 0.1) is 12.8 Å². The number of fused-ring (bicyclic) bond motifs is 1. The Morgan fingerprint density at radius 1 is 1.53 bits per heavy atom. The number of hydrogen-bond donors (Lipinski definition) is 1. The maximum Gasteiger partial charge on any atom is 0.126 e. The van der Waals surface area contributed by atoms with Crippen LogP contribution in [-0.2, 0) is 6.54 Å². The van der Waals surface area contributed by atoms with Crippen molar-refractivity contribution in [2.24, 2.45) is 11.7 Å². The van der Waals surface area contributed by atoms with Crippen LogP contribution in [0.25, 0.3) is 10.6 Å². The van der Waals surface area contributed by atoms with Gasteiger partial charge in [-0.15, -0.1) is 11.3 Å². The van der Waals surface area contributed by atoms with E-state index in [-0.39, 0.29) is 6.04 Å². The number of nitrogens with zero attached hydrogens (tertiary/aromatic N) is 2. The van der Waals surface area contributed by atoms with Crippen molar-refractivity contribution >= 4 is 11.3 Å². The lowest BCUT2D eigenvalue weighted by atomic mass is 9.98. The van der Waals surface area contributed by atoms with Crippen LogP contribution in [0.2, 0.25) is 0 Å². The highest BCUT2D eigenvalue weighted by Crippen LogP contribution is 2.34. The lowest BCUT2D eigenvalue weighted by Crippen LogP contribution is -2.27. The number of rotatable bonds is 1. The number of aromatic nitrogens is 2. The second kappa shape index (κ2) is 3.96. The van der Waals surface area contributed by atoms with Crippen molar-refractivity contribution in [3.8, 4) is 10.6 Å². The third kappa shape index (κ3) is 1.72. The van der Waals surface area contributed by atoms with Crippen LogP contribution in [-0.4, -0.2) is 9.55 Å². The summed E-state index contributed by atoms with van der Waals surface area (Å²) in [5, 5.41) is 2.09. The topological polar surface area (TPSA) is 43.8 Å². The van der Waals surface area contributed by atoms with Crippen molar-refractivity contribution in [1.82, 2.24) is 9.55 Å². The second-order valence-electron chi connectivity index (χ2n) is 4.94. The smallest absolute Gasteiger partial charge is 0.126 e. The van der Waals surface area contributed by atoms with Gasteiger partial charge in [0.15, 0.2) is 0 Å². The molecule has 0 bridgehead atoms. The van der Waals surface area contributed by atoms with Crippen LogP contribution in [0.4, 0.5) is 0 Å². The SMILES string of the molecule is Cc1c(-c2cccs2)nc2n1CC(C)CC2N. The van der Waals surface area contributed by atoms with Crippen molar-refractivity contribution in [2.75, 3.05) is 0 Å². The highest BCUT2D eigenvalue weighted by molar-refractivity contribution is 7.13. The molecule has 2 atom stereocenters. The maximum absolute atomic E-state index is 6.19. The van der Waals surface area contributed by atoms with E-state index in [0.29, 0.717) is 5.92 Å². The molecule has 0 radical (unpaired) electrons. The molecular formula is C13H17N3S. The Morgan fingerprint density at radius 2 is 2.35 bits per heavy atom. The first-order valence-corrected chi connectivity index (χ1v) is 6.91. The van der Waals surface area contributed by atoms with E-state index in [2.05, 4.69) is 35.9 Å². The quantitative estimate of drug-likeness (QED) is 0.842. The molecule has 1 aliphatic rings. The van der Waals surface area contributed by atoms with Crippen molar-refractivity contribution in [2.45, 2.75) is 32.9 Å². The molecule has 2 N–H and O–H groups in total. The molecule has 3 heterocycles. The van der Waals surface area contributed by atoms with Gasteiger partial charge in [-0.1, -0.05) is 13.0 Å². The van der Waals surface area contributed by atoms with Crippen LogP contribution < -0.4 is 5.73 Å². The molecule has 0 saturated carbocycles. The van der Waals surface area contributed by atoms with Gasteiger partial charge < -0.3 is 10.3 Å². The first-order valence-electron chi connectivity index (χ1n) is 6.03. The molecule has 0 aliphatic carbocycles. The minimum Gasteiger partial charge on any atom is -0.330 e. The van der Waals surface area contributed by atoms with Crippen molar-refractivity contribution in [1.29, 1.82) is 0 Å². The predicted molar refractivity (Wildman–Crippen MR) is 71.0 cm³/mol. The van der Waals surface area contributed by atoms with Gasteiger partial charge in [0.1, 0.15) is 11.5 Å². The van der Waals surface area contributed by atoms with E-state index in [1.54, 1.807) is 11.3 Å². The first kappa shape index (κ1) is 11.0. The Labute approximate surface area is 105 Å². The summed E-state index contributed by atoms with van der Waals surface area (Å²) in [6.45, 7) is 5.45. The molecule has 2 aromatic heterocycles. The van der Waals surface area contributed by atoms with Gasteiger partial charge in [0.2, 0.25) is 0 Å². The predicted octanol–water partition coefficient (Wildman–Crippen LogP) is 2.96. The molecule has 90 valence electrons. The van der Waals surface area contributed by atoms with Gasteiger partial charge in [0.25, 0.3) is 0 Å². The van der Waals surface area contributed by atoms with Gasteiger partial charge in [0, 0.05) is 12.2 Å². The fraction of sp³-hybridized carbons (Fsp3) is 0.462. The number of hydrogen-bond acceptors (Lipinski definition) is 3. The average molecular weight is 247 g/mol. The minimum absolute atomic E-state index is 0.0890. The zero-order valence-electron chi connectivity index (χ0n) is 10.2. The first-order chi connectivity index (χ1) is 8.16. The summed E-state index contributed by atoms with van der Waals surface area (Å²) in [7, 11) is 0. The lowest BCUT2D eigenvalue weighted by Gasteiger charge is -2.26. The summed E-state index contributed by atoms with van der Waals surface area (Å²) < 4.78 is 2.30. The van der Waals surface area contributed by atoms with Crippen LogP contribution in [0.5, 0.6) is 0 Å². The number of nitrogens with two attached hydrogens (primary N) is 1. The Hall–Kier alpha value is -1.13. The van der Waals surface area contributed by atoms with Crippen LogP contribution in [0.15, 0.2) is 17.5 Å². The van der Waals surface area contributed by atoms with Gasteiger partial charge in [-0.2, -0.15) is 0 Å². The number of imidazole rings is 1. The second-order valence-corrected chi connectivity index (χ2v) is 5.89. The summed E-state index contributed by atoms with van der Waals surface area (Å²) >= 11 is 1.74. The van der Waals surface area contributed by atoms with Gasteiger partial charge in [-0.3, -0.25) is 0 Å². The van der Waals surface area contributed by atoms with Crippen molar-refractivity contribution in [3.05, 3.63) is 29.0 Å². The highest BCUT2D eigenvalue weighted by atomic mass is 32.1. The summed E-state index contributed by atoms with van der Waals surface area (Å²) in [5.41, 5.74) is 8.56. The number of thiophene rings is 1. The summed E-state index contributed by atoms with van der Waals surface area (Å²) in [4.78, 5) is 6.00. The standard InChI is InChI=1S/C13H17N3S/c1-8-6-10(14)13-15-12(9(2)16(13)7-8)11-4-3-5-17-11/h3-5,8,10H,6-7,14H2,1-2H3. The molecule has 0 amide bonds. The molecule has 2 aromatic rings. The van der Waals surface area contributed by atoms with Gasteiger partial charge >= 0.3 is 0 Å². The summed E-state index contributed by atoms with van der Waals surface area (Å²) in [5.74, 6) is 1.70. The molecule has 0 fully saturated rings. The van der Waals surface area contributed by atoms with Crippen LogP contribution in [0.1, 0.15) is 30.9 Å². The van der Waals surface area contributed by atoms with Crippen LogP contribution in [0.3, 0.4) is 0 Å². The van der Waals surface area contributed by atoms with E-state index in [0.717, 1.165) is 24.5 Å². The Balaban J connectivity index is 2.12. The van der Waals surface area contributed by atoms with Gasteiger partial charge in [-0.25, -0.2) is 4.98 Å². The minimum atomic E-state index is 0.0890. The molecule has 3 rings (SSSR count). The molecule has 17 heavy (non-hydrogen) atoms. The molecule has 3 nitrogen and oxygen atoms in total. The monoisotopic (exact) mass is 247 g/mol. The Morgan fingerprint density at radius 3 is 3.06 bits per heavy atom. The summed E-state index contributed by atoms with van der Waals surface area (Å²) in [6.07, 6.45) is 1.04. The molecule has 2 unspecified atom stereocenters. The van der Waals surface area contributed by atoms with E-state index in [1.807, 2.05) is 0 Å².